The second-order valence-corrected chi connectivity index (χ2v) is 6.69. The molecule has 2 amide bonds. The second kappa shape index (κ2) is 8.22. The number of ether oxygens (including phenoxy) is 1. The molecule has 0 fully saturated rings. The predicted molar refractivity (Wildman–Crippen MR) is 105 cm³/mol. The first-order chi connectivity index (χ1) is 13.0. The molecule has 1 aliphatic heterocycles. The SMILES string of the molecule is CNC(=O)[C@H]1CN(C(=O)CN(C)[C@H](C)c2ccccc2)c2ccccc2O1. The van der Waals surface area contributed by atoms with E-state index in [1.807, 2.05) is 48.3 Å². The third kappa shape index (κ3) is 4.11. The Balaban J connectivity index is 1.77. The summed E-state index contributed by atoms with van der Waals surface area (Å²) in [5.41, 5.74) is 1.85. The van der Waals surface area contributed by atoms with Crippen LogP contribution in [0.15, 0.2) is 54.6 Å². The van der Waals surface area contributed by atoms with Crippen molar-refractivity contribution in [2.75, 3.05) is 32.1 Å². The number of benzene rings is 2. The minimum atomic E-state index is -0.717. The quantitative estimate of drug-likeness (QED) is 0.880. The standard InChI is InChI=1S/C21H25N3O3/c1-15(16-9-5-4-6-10-16)23(3)14-20(25)24-13-19(21(26)22-2)27-18-12-8-7-11-17(18)24/h4-12,15,19H,13-14H2,1-3H3,(H,22,26)/t15-,19-/m1/s1. The van der Waals surface area contributed by atoms with E-state index in [4.69, 9.17) is 4.74 Å². The molecule has 3 rings (SSSR count). The number of amides is 2. The molecule has 1 heterocycles. The van der Waals surface area contributed by atoms with Gasteiger partial charge in [0, 0.05) is 13.1 Å². The summed E-state index contributed by atoms with van der Waals surface area (Å²) in [6.07, 6.45) is -0.717. The minimum Gasteiger partial charge on any atom is -0.477 e. The van der Waals surface area contributed by atoms with Gasteiger partial charge in [-0.2, -0.15) is 0 Å². The molecular formula is C21H25N3O3. The largest absolute Gasteiger partial charge is 0.477 e. The lowest BCUT2D eigenvalue weighted by Crippen LogP contribution is -2.52. The van der Waals surface area contributed by atoms with Crippen molar-refractivity contribution in [1.29, 1.82) is 0 Å². The maximum Gasteiger partial charge on any atom is 0.262 e. The Morgan fingerprint density at radius 1 is 1.19 bits per heavy atom. The molecule has 0 aliphatic carbocycles. The number of fused-ring (bicyclic) bond motifs is 1. The number of hydrogen-bond donors (Lipinski definition) is 1. The van der Waals surface area contributed by atoms with Crippen molar-refractivity contribution in [3.63, 3.8) is 0 Å². The van der Waals surface area contributed by atoms with Gasteiger partial charge in [-0.05, 0) is 31.7 Å². The van der Waals surface area contributed by atoms with E-state index < -0.39 is 6.10 Å². The van der Waals surface area contributed by atoms with Gasteiger partial charge < -0.3 is 15.0 Å². The van der Waals surface area contributed by atoms with Crippen molar-refractivity contribution in [1.82, 2.24) is 10.2 Å². The zero-order chi connectivity index (χ0) is 19.4. The molecule has 0 spiro atoms. The van der Waals surface area contributed by atoms with Gasteiger partial charge in [0.15, 0.2) is 6.10 Å². The van der Waals surface area contributed by atoms with Crippen LogP contribution in [-0.4, -0.2) is 50.0 Å². The molecule has 2 atom stereocenters. The van der Waals surface area contributed by atoms with E-state index in [1.54, 1.807) is 18.0 Å². The van der Waals surface area contributed by atoms with Crippen LogP contribution >= 0.6 is 0 Å². The molecule has 0 saturated heterocycles. The predicted octanol–water partition coefficient (Wildman–Crippen LogP) is 2.22. The van der Waals surface area contributed by atoms with Crippen molar-refractivity contribution in [2.45, 2.75) is 19.1 Å². The second-order valence-electron chi connectivity index (χ2n) is 6.69. The molecule has 6 heteroatoms. The van der Waals surface area contributed by atoms with E-state index in [9.17, 15) is 9.59 Å². The minimum absolute atomic E-state index is 0.0649. The molecule has 27 heavy (non-hydrogen) atoms. The Bertz CT molecular complexity index is 809. The fourth-order valence-electron chi connectivity index (χ4n) is 3.19. The number of rotatable bonds is 5. The summed E-state index contributed by atoms with van der Waals surface area (Å²) in [5.74, 6) is 0.239. The van der Waals surface area contributed by atoms with Crippen molar-refractivity contribution in [2.24, 2.45) is 0 Å². The summed E-state index contributed by atoms with van der Waals surface area (Å²) < 4.78 is 5.77. The van der Waals surface area contributed by atoms with E-state index in [2.05, 4.69) is 24.4 Å². The summed E-state index contributed by atoms with van der Waals surface area (Å²) in [7, 11) is 3.49. The van der Waals surface area contributed by atoms with Crippen LogP contribution in [0.2, 0.25) is 0 Å². The smallest absolute Gasteiger partial charge is 0.262 e. The molecule has 6 nitrogen and oxygen atoms in total. The van der Waals surface area contributed by atoms with Crippen LogP contribution < -0.4 is 15.0 Å². The number of para-hydroxylation sites is 2. The van der Waals surface area contributed by atoms with Gasteiger partial charge in [0.1, 0.15) is 5.75 Å². The van der Waals surface area contributed by atoms with Gasteiger partial charge in [0.2, 0.25) is 5.91 Å². The maximum atomic E-state index is 13.1. The van der Waals surface area contributed by atoms with E-state index in [0.717, 1.165) is 5.56 Å². The van der Waals surface area contributed by atoms with Crippen LogP contribution in [0, 0.1) is 0 Å². The summed E-state index contributed by atoms with van der Waals surface area (Å²) in [4.78, 5) is 28.8. The molecule has 142 valence electrons. The van der Waals surface area contributed by atoms with Crippen LogP contribution in [0.5, 0.6) is 5.75 Å². The number of nitrogens with one attached hydrogen (secondary N) is 1. The van der Waals surface area contributed by atoms with E-state index in [-0.39, 0.29) is 30.9 Å². The number of anilines is 1. The van der Waals surface area contributed by atoms with Crippen molar-refractivity contribution < 1.29 is 14.3 Å². The molecule has 0 aromatic heterocycles. The van der Waals surface area contributed by atoms with Gasteiger partial charge in [-0.15, -0.1) is 0 Å². The average Bonchev–Trinajstić information content (AvgIpc) is 2.72. The molecule has 1 N–H and O–H groups in total. The molecule has 0 radical (unpaired) electrons. The molecule has 1 aliphatic rings. The van der Waals surface area contributed by atoms with Crippen LogP contribution in [0.1, 0.15) is 18.5 Å². The fraction of sp³-hybridized carbons (Fsp3) is 0.333. The Morgan fingerprint density at radius 2 is 1.85 bits per heavy atom. The zero-order valence-corrected chi connectivity index (χ0v) is 15.9. The summed E-state index contributed by atoms with van der Waals surface area (Å²) in [6.45, 7) is 2.51. The lowest BCUT2D eigenvalue weighted by atomic mass is 10.1. The van der Waals surface area contributed by atoms with E-state index in [0.29, 0.717) is 11.4 Å². The van der Waals surface area contributed by atoms with Crippen LogP contribution in [0.3, 0.4) is 0 Å². The van der Waals surface area contributed by atoms with Gasteiger partial charge in [0.25, 0.3) is 5.91 Å². The highest BCUT2D eigenvalue weighted by atomic mass is 16.5. The van der Waals surface area contributed by atoms with Gasteiger partial charge >= 0.3 is 0 Å². The first-order valence-electron chi connectivity index (χ1n) is 9.04. The van der Waals surface area contributed by atoms with Crippen molar-refractivity contribution in [3.8, 4) is 5.75 Å². The van der Waals surface area contributed by atoms with Crippen LogP contribution in [0.25, 0.3) is 0 Å². The lowest BCUT2D eigenvalue weighted by Gasteiger charge is -2.35. The molecule has 0 bridgehead atoms. The topological polar surface area (TPSA) is 61.9 Å². The molecule has 2 aromatic rings. The number of carbonyl (C=O) groups is 2. The third-order valence-electron chi connectivity index (χ3n) is 4.94. The normalized spacial score (nSPS) is 17.0. The zero-order valence-electron chi connectivity index (χ0n) is 15.9. The monoisotopic (exact) mass is 367 g/mol. The fourth-order valence-corrected chi connectivity index (χ4v) is 3.19. The Hall–Kier alpha value is -2.86. The average molecular weight is 367 g/mol. The first-order valence-corrected chi connectivity index (χ1v) is 9.04. The number of likely N-dealkylation sites (N-methyl/N-ethyl adjacent to an activating group) is 2. The molecular weight excluding hydrogens is 342 g/mol. The molecule has 0 saturated carbocycles. The number of carbonyl (C=O) groups excluding carboxylic acids is 2. The maximum absolute atomic E-state index is 13.1. The van der Waals surface area contributed by atoms with Crippen LogP contribution in [0.4, 0.5) is 5.69 Å². The summed E-state index contributed by atoms with van der Waals surface area (Å²) in [6, 6.07) is 17.5. The number of hydrogen-bond acceptors (Lipinski definition) is 4. The van der Waals surface area contributed by atoms with E-state index in [1.165, 1.54) is 0 Å². The first kappa shape index (κ1) is 18.9. The molecule has 2 aromatic carbocycles. The van der Waals surface area contributed by atoms with Gasteiger partial charge in [0.05, 0.1) is 18.8 Å². The van der Waals surface area contributed by atoms with Crippen molar-refractivity contribution in [3.05, 3.63) is 60.2 Å². The molecule has 0 unspecified atom stereocenters. The Morgan fingerprint density at radius 3 is 2.56 bits per heavy atom. The summed E-state index contributed by atoms with van der Waals surface area (Å²) in [5, 5.41) is 2.59. The van der Waals surface area contributed by atoms with Crippen LogP contribution in [-0.2, 0) is 9.59 Å². The van der Waals surface area contributed by atoms with Gasteiger partial charge in [-0.3, -0.25) is 14.5 Å². The number of nitrogens with zero attached hydrogens (tertiary/aromatic N) is 2. The van der Waals surface area contributed by atoms with E-state index >= 15 is 0 Å². The third-order valence-corrected chi connectivity index (χ3v) is 4.94. The highest BCUT2D eigenvalue weighted by Gasteiger charge is 2.33. The van der Waals surface area contributed by atoms with Crippen molar-refractivity contribution >= 4 is 17.5 Å². The highest BCUT2D eigenvalue weighted by molar-refractivity contribution is 5.98. The Labute approximate surface area is 159 Å². The Kier molecular flexibility index (Phi) is 5.76. The summed E-state index contributed by atoms with van der Waals surface area (Å²) >= 11 is 0. The highest BCUT2D eigenvalue weighted by Crippen LogP contribution is 2.33. The van der Waals surface area contributed by atoms with Gasteiger partial charge in [-0.25, -0.2) is 0 Å². The lowest BCUT2D eigenvalue weighted by molar-refractivity contribution is -0.128. The van der Waals surface area contributed by atoms with Gasteiger partial charge in [-0.1, -0.05) is 42.5 Å².